The van der Waals surface area contributed by atoms with Crippen LogP contribution in [0.3, 0.4) is 0 Å². The molecule has 2 rings (SSSR count). The maximum Gasteiger partial charge on any atom is 0.256 e. The maximum absolute atomic E-state index is 12.1. The first-order valence-corrected chi connectivity index (χ1v) is 6.61. The number of thiophene rings is 1. The van der Waals surface area contributed by atoms with Gasteiger partial charge in [0.15, 0.2) is 0 Å². The fourth-order valence-electron chi connectivity index (χ4n) is 1.66. The normalized spacial score (nSPS) is 10.4. The zero-order chi connectivity index (χ0) is 13.3. The Bertz CT molecular complexity index is 575. The summed E-state index contributed by atoms with van der Waals surface area (Å²) in [6, 6.07) is 7.37. The molecule has 1 heterocycles. The van der Waals surface area contributed by atoms with E-state index in [1.165, 1.54) is 16.2 Å². The van der Waals surface area contributed by atoms with Gasteiger partial charge in [-0.3, -0.25) is 4.79 Å². The molecule has 0 aliphatic carbocycles. The number of benzene rings is 1. The van der Waals surface area contributed by atoms with Crippen molar-refractivity contribution in [1.82, 2.24) is 4.90 Å². The van der Waals surface area contributed by atoms with Crippen molar-refractivity contribution in [2.75, 3.05) is 19.8 Å². The second-order valence-corrected chi connectivity index (χ2v) is 5.44. The molecule has 0 aliphatic rings. The lowest BCUT2D eigenvalue weighted by Gasteiger charge is -2.12. The molecule has 0 fully saturated rings. The van der Waals surface area contributed by atoms with E-state index in [1.807, 2.05) is 17.5 Å². The predicted octanol–water partition coefficient (Wildman–Crippen LogP) is 3.35. The first kappa shape index (κ1) is 12.9. The van der Waals surface area contributed by atoms with Gasteiger partial charge in [0.2, 0.25) is 0 Å². The van der Waals surface area contributed by atoms with Gasteiger partial charge >= 0.3 is 0 Å². The molecule has 1 aromatic heterocycles. The molecule has 18 heavy (non-hydrogen) atoms. The molecule has 1 amide bonds. The van der Waals surface area contributed by atoms with Crippen molar-refractivity contribution in [2.24, 2.45) is 0 Å². The molecular formula is C13H13ClN2OS. The average molecular weight is 281 g/mol. The van der Waals surface area contributed by atoms with E-state index in [0.717, 1.165) is 11.1 Å². The van der Waals surface area contributed by atoms with E-state index in [2.05, 4.69) is 0 Å². The van der Waals surface area contributed by atoms with Crippen molar-refractivity contribution < 1.29 is 4.79 Å². The Balaban J connectivity index is 2.52. The minimum absolute atomic E-state index is 0.0845. The Morgan fingerprint density at radius 2 is 1.89 bits per heavy atom. The van der Waals surface area contributed by atoms with Gasteiger partial charge in [-0.15, -0.1) is 11.3 Å². The van der Waals surface area contributed by atoms with Crippen LogP contribution in [0, 0.1) is 0 Å². The lowest BCUT2D eigenvalue weighted by atomic mass is 10.0. The summed E-state index contributed by atoms with van der Waals surface area (Å²) >= 11 is 7.23. The van der Waals surface area contributed by atoms with E-state index < -0.39 is 0 Å². The number of hydrogen-bond acceptors (Lipinski definition) is 3. The Kier molecular flexibility index (Phi) is 3.59. The zero-order valence-corrected chi connectivity index (χ0v) is 11.7. The first-order valence-electron chi connectivity index (χ1n) is 5.35. The lowest BCUT2D eigenvalue weighted by molar-refractivity contribution is 0.0830. The number of halogens is 1. The molecule has 0 bridgehead atoms. The van der Waals surface area contributed by atoms with Gasteiger partial charge in [-0.05, 0) is 17.7 Å². The van der Waals surface area contributed by atoms with Gasteiger partial charge < -0.3 is 10.6 Å². The number of nitrogen functional groups attached to an aromatic ring is 1. The highest BCUT2D eigenvalue weighted by molar-refractivity contribution is 7.15. The number of rotatable bonds is 2. The smallest absolute Gasteiger partial charge is 0.256 e. The van der Waals surface area contributed by atoms with Gasteiger partial charge in [-0.25, -0.2) is 0 Å². The van der Waals surface area contributed by atoms with E-state index in [4.69, 9.17) is 17.3 Å². The number of carbonyl (C=O) groups is 1. The van der Waals surface area contributed by atoms with E-state index in [0.29, 0.717) is 15.6 Å². The van der Waals surface area contributed by atoms with Crippen LogP contribution >= 0.6 is 22.9 Å². The monoisotopic (exact) mass is 280 g/mol. The van der Waals surface area contributed by atoms with E-state index >= 15 is 0 Å². The Morgan fingerprint density at radius 1 is 1.28 bits per heavy atom. The molecular weight excluding hydrogens is 268 g/mol. The van der Waals surface area contributed by atoms with Crippen LogP contribution < -0.4 is 5.73 Å². The Hall–Kier alpha value is -1.52. The van der Waals surface area contributed by atoms with Crippen LogP contribution in [-0.2, 0) is 0 Å². The average Bonchev–Trinajstić information content (AvgIpc) is 2.71. The summed E-state index contributed by atoms with van der Waals surface area (Å²) in [7, 11) is 3.43. The molecule has 0 saturated carbocycles. The van der Waals surface area contributed by atoms with Gasteiger partial charge in [0.05, 0.1) is 10.6 Å². The van der Waals surface area contributed by atoms with Gasteiger partial charge in [0.25, 0.3) is 5.91 Å². The number of nitrogens with two attached hydrogens (primary N) is 1. The van der Waals surface area contributed by atoms with Crippen LogP contribution in [0.25, 0.3) is 11.1 Å². The topological polar surface area (TPSA) is 46.3 Å². The number of anilines is 1. The molecule has 0 spiro atoms. The highest BCUT2D eigenvalue weighted by Crippen LogP contribution is 2.34. The summed E-state index contributed by atoms with van der Waals surface area (Å²) in [4.78, 5) is 13.6. The summed E-state index contributed by atoms with van der Waals surface area (Å²) in [6.07, 6.45) is 0. The quantitative estimate of drug-likeness (QED) is 0.917. The van der Waals surface area contributed by atoms with E-state index in [-0.39, 0.29) is 5.91 Å². The summed E-state index contributed by atoms with van der Waals surface area (Å²) in [5.41, 5.74) is 8.25. The standard InChI is InChI=1S/C13H13ClN2OS/c1-16(2)13(17)11-10(7-18-12(11)15)8-3-5-9(14)6-4-8/h3-7H,15H2,1-2H3. The van der Waals surface area contributed by atoms with Crippen molar-refractivity contribution in [3.8, 4) is 11.1 Å². The van der Waals surface area contributed by atoms with Crippen LogP contribution in [0.5, 0.6) is 0 Å². The Labute approximate surface area is 115 Å². The highest BCUT2D eigenvalue weighted by atomic mass is 35.5. The molecule has 3 nitrogen and oxygen atoms in total. The van der Waals surface area contributed by atoms with E-state index in [9.17, 15) is 4.79 Å². The minimum atomic E-state index is -0.0845. The van der Waals surface area contributed by atoms with Crippen molar-refractivity contribution in [2.45, 2.75) is 0 Å². The SMILES string of the molecule is CN(C)C(=O)c1c(-c2ccc(Cl)cc2)csc1N. The second-order valence-electron chi connectivity index (χ2n) is 4.10. The first-order chi connectivity index (χ1) is 8.50. The van der Waals surface area contributed by atoms with Crippen molar-refractivity contribution in [3.63, 3.8) is 0 Å². The highest BCUT2D eigenvalue weighted by Gasteiger charge is 2.19. The van der Waals surface area contributed by atoms with Crippen molar-refractivity contribution in [3.05, 3.63) is 40.2 Å². The van der Waals surface area contributed by atoms with E-state index in [1.54, 1.807) is 26.2 Å². The van der Waals surface area contributed by atoms with Crippen LogP contribution in [0.1, 0.15) is 10.4 Å². The number of nitrogens with zero attached hydrogens (tertiary/aromatic N) is 1. The molecule has 1 aromatic carbocycles. The van der Waals surface area contributed by atoms with Crippen LogP contribution in [0.15, 0.2) is 29.6 Å². The molecule has 0 saturated heterocycles. The largest absolute Gasteiger partial charge is 0.390 e. The number of carbonyl (C=O) groups excluding carboxylic acids is 1. The molecule has 0 unspecified atom stereocenters. The molecule has 5 heteroatoms. The van der Waals surface area contributed by atoms with Gasteiger partial charge in [0, 0.05) is 30.1 Å². The summed E-state index contributed by atoms with van der Waals surface area (Å²) in [5, 5.41) is 3.11. The third-order valence-corrected chi connectivity index (χ3v) is 3.66. The van der Waals surface area contributed by atoms with Crippen LogP contribution in [0.4, 0.5) is 5.00 Å². The zero-order valence-electron chi connectivity index (χ0n) is 10.1. The van der Waals surface area contributed by atoms with Crippen LogP contribution in [0.2, 0.25) is 5.02 Å². The molecule has 2 aromatic rings. The van der Waals surface area contributed by atoms with Crippen molar-refractivity contribution >= 4 is 33.8 Å². The van der Waals surface area contributed by atoms with Gasteiger partial charge in [0.1, 0.15) is 0 Å². The second kappa shape index (κ2) is 5.00. The van der Waals surface area contributed by atoms with Gasteiger partial charge in [-0.1, -0.05) is 23.7 Å². The number of amides is 1. The summed E-state index contributed by atoms with van der Waals surface area (Å²) < 4.78 is 0. The van der Waals surface area contributed by atoms with Crippen LogP contribution in [-0.4, -0.2) is 24.9 Å². The fourth-order valence-corrected chi connectivity index (χ4v) is 2.60. The third kappa shape index (κ3) is 2.35. The summed E-state index contributed by atoms with van der Waals surface area (Å²) in [6.45, 7) is 0. The van der Waals surface area contributed by atoms with Gasteiger partial charge in [-0.2, -0.15) is 0 Å². The summed E-state index contributed by atoms with van der Waals surface area (Å²) in [5.74, 6) is -0.0845. The molecule has 94 valence electrons. The van der Waals surface area contributed by atoms with Crippen molar-refractivity contribution in [1.29, 1.82) is 0 Å². The Morgan fingerprint density at radius 3 is 2.44 bits per heavy atom. The fraction of sp³-hybridized carbons (Fsp3) is 0.154. The third-order valence-electron chi connectivity index (χ3n) is 2.59. The molecule has 0 atom stereocenters. The lowest BCUT2D eigenvalue weighted by Crippen LogP contribution is -2.22. The minimum Gasteiger partial charge on any atom is -0.390 e. The predicted molar refractivity (Wildman–Crippen MR) is 77.2 cm³/mol. The number of hydrogen-bond donors (Lipinski definition) is 1. The maximum atomic E-state index is 12.1. The molecule has 0 aliphatic heterocycles. The molecule has 0 radical (unpaired) electrons. The molecule has 2 N–H and O–H groups in total.